The van der Waals surface area contributed by atoms with E-state index in [0.717, 1.165) is 17.6 Å². The quantitative estimate of drug-likeness (QED) is 0.552. The Hall–Kier alpha value is -1.11. The van der Waals surface area contributed by atoms with Gasteiger partial charge in [0.25, 0.3) is 0 Å². The SMILES string of the molecule is CC(C)=C1CCC(=O)C(=C(C)C)C1=C(C)C. The maximum absolute atomic E-state index is 12.0. The molecule has 0 spiro atoms. The second-order valence-corrected chi connectivity index (χ2v) is 5.15. The Morgan fingerprint density at radius 3 is 1.62 bits per heavy atom. The minimum absolute atomic E-state index is 0.307. The fourth-order valence-electron chi connectivity index (χ4n) is 2.36. The van der Waals surface area contributed by atoms with E-state index in [1.54, 1.807) is 0 Å². The lowest BCUT2D eigenvalue weighted by Gasteiger charge is -2.25. The summed E-state index contributed by atoms with van der Waals surface area (Å²) in [7, 11) is 0. The van der Waals surface area contributed by atoms with Gasteiger partial charge in [0.05, 0.1) is 0 Å². The smallest absolute Gasteiger partial charge is 0.163 e. The summed E-state index contributed by atoms with van der Waals surface area (Å²) in [5.41, 5.74) is 7.26. The highest BCUT2D eigenvalue weighted by Crippen LogP contribution is 2.36. The summed E-state index contributed by atoms with van der Waals surface area (Å²) < 4.78 is 0. The van der Waals surface area contributed by atoms with Crippen LogP contribution in [-0.2, 0) is 4.79 Å². The van der Waals surface area contributed by atoms with Gasteiger partial charge in [0.15, 0.2) is 5.78 Å². The fraction of sp³-hybridized carbons (Fsp3) is 0.533. The predicted octanol–water partition coefficient (Wildman–Crippen LogP) is 4.36. The Morgan fingerprint density at radius 1 is 0.750 bits per heavy atom. The molecule has 0 unspecified atom stereocenters. The first-order valence-corrected chi connectivity index (χ1v) is 5.91. The molecule has 88 valence electrons. The van der Waals surface area contributed by atoms with Crippen molar-refractivity contribution in [3.05, 3.63) is 33.4 Å². The molecule has 0 N–H and O–H groups in total. The normalized spacial score (nSPS) is 16.6. The zero-order valence-electron chi connectivity index (χ0n) is 11.3. The van der Waals surface area contributed by atoms with E-state index in [9.17, 15) is 4.79 Å². The van der Waals surface area contributed by atoms with E-state index in [-0.39, 0.29) is 0 Å². The number of ketones is 1. The molecule has 16 heavy (non-hydrogen) atoms. The van der Waals surface area contributed by atoms with Crippen molar-refractivity contribution >= 4 is 5.78 Å². The third-order valence-electron chi connectivity index (χ3n) is 3.04. The number of hydrogen-bond donors (Lipinski definition) is 0. The maximum atomic E-state index is 12.0. The summed E-state index contributed by atoms with van der Waals surface area (Å²) >= 11 is 0. The van der Waals surface area contributed by atoms with Gasteiger partial charge in [-0.2, -0.15) is 0 Å². The molecule has 0 amide bonds. The molecule has 0 radical (unpaired) electrons. The van der Waals surface area contributed by atoms with Crippen molar-refractivity contribution in [2.75, 3.05) is 0 Å². The summed E-state index contributed by atoms with van der Waals surface area (Å²) in [5, 5.41) is 0. The average Bonchev–Trinajstić information content (AvgIpc) is 2.15. The molecule has 0 saturated heterocycles. The van der Waals surface area contributed by atoms with E-state index in [2.05, 4.69) is 27.7 Å². The van der Waals surface area contributed by atoms with Crippen LogP contribution < -0.4 is 0 Å². The van der Waals surface area contributed by atoms with Gasteiger partial charge in [-0.15, -0.1) is 0 Å². The number of carbonyl (C=O) groups excluding carboxylic acids is 1. The third-order valence-corrected chi connectivity index (χ3v) is 3.04. The zero-order chi connectivity index (χ0) is 12.5. The first kappa shape index (κ1) is 13.0. The van der Waals surface area contributed by atoms with Crippen LogP contribution in [0.25, 0.3) is 0 Å². The van der Waals surface area contributed by atoms with Crippen LogP contribution in [0.2, 0.25) is 0 Å². The van der Waals surface area contributed by atoms with Crippen molar-refractivity contribution in [2.24, 2.45) is 0 Å². The molecule has 0 atom stereocenters. The first-order valence-electron chi connectivity index (χ1n) is 5.91. The Bertz CT molecular complexity index is 405. The van der Waals surface area contributed by atoms with Crippen LogP contribution in [0, 0.1) is 0 Å². The van der Waals surface area contributed by atoms with Crippen molar-refractivity contribution in [2.45, 2.75) is 54.4 Å². The van der Waals surface area contributed by atoms with Gasteiger partial charge in [-0.1, -0.05) is 16.7 Å². The minimum atomic E-state index is 0.307. The molecule has 0 aliphatic heterocycles. The maximum Gasteiger partial charge on any atom is 0.163 e. The molecule has 0 aromatic carbocycles. The van der Waals surface area contributed by atoms with Gasteiger partial charge in [-0.3, -0.25) is 4.79 Å². The molecular formula is C15H22O. The van der Waals surface area contributed by atoms with Gasteiger partial charge in [0, 0.05) is 12.0 Å². The van der Waals surface area contributed by atoms with E-state index in [4.69, 9.17) is 0 Å². The van der Waals surface area contributed by atoms with Gasteiger partial charge in [0.1, 0.15) is 0 Å². The monoisotopic (exact) mass is 218 g/mol. The van der Waals surface area contributed by atoms with Crippen LogP contribution in [-0.4, -0.2) is 5.78 Å². The Balaban J connectivity index is 3.50. The summed E-state index contributed by atoms with van der Waals surface area (Å²) in [6.07, 6.45) is 1.57. The van der Waals surface area contributed by atoms with Gasteiger partial charge in [0.2, 0.25) is 0 Å². The molecule has 1 fully saturated rings. The van der Waals surface area contributed by atoms with Crippen LogP contribution >= 0.6 is 0 Å². The van der Waals surface area contributed by atoms with Crippen molar-refractivity contribution in [3.63, 3.8) is 0 Å². The number of hydrogen-bond acceptors (Lipinski definition) is 1. The fourth-order valence-corrected chi connectivity index (χ4v) is 2.36. The summed E-state index contributed by atoms with van der Waals surface area (Å²) in [4.78, 5) is 12.0. The van der Waals surface area contributed by atoms with E-state index >= 15 is 0 Å². The molecule has 0 aromatic heterocycles. The molecule has 1 rings (SSSR count). The summed E-state index contributed by atoms with van der Waals surface area (Å²) in [5.74, 6) is 0.307. The number of rotatable bonds is 0. The number of carbonyl (C=O) groups is 1. The summed E-state index contributed by atoms with van der Waals surface area (Å²) in [6.45, 7) is 12.5. The number of allylic oxidation sites excluding steroid dienone is 6. The molecule has 1 nitrogen and oxygen atoms in total. The molecule has 1 saturated carbocycles. The molecule has 1 aliphatic rings. The molecule has 1 aliphatic carbocycles. The van der Waals surface area contributed by atoms with Crippen molar-refractivity contribution in [1.29, 1.82) is 0 Å². The lowest BCUT2D eigenvalue weighted by molar-refractivity contribution is -0.115. The van der Waals surface area contributed by atoms with Crippen LogP contribution in [0.1, 0.15) is 54.4 Å². The molecule has 1 heteroatoms. The highest BCUT2D eigenvalue weighted by molar-refractivity contribution is 6.03. The van der Waals surface area contributed by atoms with Crippen molar-refractivity contribution in [1.82, 2.24) is 0 Å². The van der Waals surface area contributed by atoms with E-state index < -0.39 is 0 Å². The van der Waals surface area contributed by atoms with E-state index in [1.807, 2.05) is 13.8 Å². The standard InChI is InChI=1S/C15H22O/c1-9(2)12-7-8-13(16)15(11(5)6)14(12)10(3)4/h7-8H2,1-6H3. The van der Waals surface area contributed by atoms with E-state index in [0.29, 0.717) is 12.2 Å². The lowest BCUT2D eigenvalue weighted by atomic mass is 9.78. The topological polar surface area (TPSA) is 17.1 Å². The van der Waals surface area contributed by atoms with Crippen LogP contribution in [0.4, 0.5) is 0 Å². The van der Waals surface area contributed by atoms with Crippen molar-refractivity contribution < 1.29 is 4.79 Å². The summed E-state index contributed by atoms with van der Waals surface area (Å²) in [6, 6.07) is 0. The lowest BCUT2D eigenvalue weighted by Crippen LogP contribution is -2.17. The molecule has 0 aromatic rings. The van der Waals surface area contributed by atoms with Crippen LogP contribution in [0.5, 0.6) is 0 Å². The molecule has 0 bridgehead atoms. The van der Waals surface area contributed by atoms with Crippen LogP contribution in [0.3, 0.4) is 0 Å². The number of Topliss-reactive ketones (excluding diaryl/α,β-unsaturated/α-hetero) is 1. The molecular weight excluding hydrogens is 196 g/mol. The predicted molar refractivity (Wildman–Crippen MR) is 69.4 cm³/mol. The average molecular weight is 218 g/mol. The van der Waals surface area contributed by atoms with Gasteiger partial charge in [-0.05, 0) is 59.1 Å². The Morgan fingerprint density at radius 2 is 1.25 bits per heavy atom. The second-order valence-electron chi connectivity index (χ2n) is 5.15. The van der Waals surface area contributed by atoms with Crippen molar-refractivity contribution in [3.8, 4) is 0 Å². The second kappa shape index (κ2) is 4.82. The highest BCUT2D eigenvalue weighted by atomic mass is 16.1. The van der Waals surface area contributed by atoms with Gasteiger partial charge < -0.3 is 0 Å². The van der Waals surface area contributed by atoms with Crippen LogP contribution in [0.15, 0.2) is 33.4 Å². The van der Waals surface area contributed by atoms with Gasteiger partial charge in [-0.25, -0.2) is 0 Å². The minimum Gasteiger partial charge on any atom is -0.294 e. The third kappa shape index (κ3) is 2.34. The highest BCUT2D eigenvalue weighted by Gasteiger charge is 2.26. The Labute approximate surface area is 98.9 Å². The van der Waals surface area contributed by atoms with E-state index in [1.165, 1.54) is 22.3 Å². The zero-order valence-corrected chi connectivity index (χ0v) is 11.3. The molecule has 0 heterocycles. The largest absolute Gasteiger partial charge is 0.294 e. The first-order chi connectivity index (χ1) is 7.36. The Kier molecular flexibility index (Phi) is 3.90. The van der Waals surface area contributed by atoms with Gasteiger partial charge >= 0.3 is 0 Å².